The first-order valence-electron chi connectivity index (χ1n) is 8.53. The number of nitrogen functional groups attached to an aromatic ring is 1. The molecule has 0 amide bonds. The van der Waals surface area contributed by atoms with E-state index >= 15 is 0 Å². The van der Waals surface area contributed by atoms with Crippen LogP contribution in [0, 0.1) is 18.7 Å². The van der Waals surface area contributed by atoms with E-state index in [-0.39, 0.29) is 5.82 Å². The molecule has 0 atom stereocenters. The van der Waals surface area contributed by atoms with Gasteiger partial charge < -0.3 is 10.7 Å². The number of halogens is 1. The first-order valence-corrected chi connectivity index (χ1v) is 8.53. The highest BCUT2D eigenvalue weighted by molar-refractivity contribution is 5.71. The second-order valence-electron chi connectivity index (χ2n) is 6.51. The summed E-state index contributed by atoms with van der Waals surface area (Å²) in [6, 6.07) is 8.12. The third-order valence-corrected chi connectivity index (χ3v) is 4.50. The maximum atomic E-state index is 13.3. The van der Waals surface area contributed by atoms with Crippen LogP contribution in [0.25, 0.3) is 11.3 Å². The summed E-state index contributed by atoms with van der Waals surface area (Å²) in [5, 5.41) is 8.11. The molecule has 1 fully saturated rings. The van der Waals surface area contributed by atoms with Crippen molar-refractivity contribution in [3.05, 3.63) is 48.0 Å². The third-order valence-electron chi connectivity index (χ3n) is 4.50. The van der Waals surface area contributed by atoms with E-state index in [0.29, 0.717) is 17.6 Å². The van der Waals surface area contributed by atoms with Crippen molar-refractivity contribution in [3.8, 4) is 11.3 Å². The molecule has 1 saturated carbocycles. The number of hydrogen-bond acceptors (Lipinski definition) is 6. The largest absolute Gasteiger partial charge is 0.325 e. The van der Waals surface area contributed by atoms with Gasteiger partial charge in [0.1, 0.15) is 29.6 Å². The number of aromatic nitrogens is 4. The Morgan fingerprint density at radius 2 is 1.92 bits per heavy atom. The Kier molecular flexibility index (Phi) is 4.26. The zero-order chi connectivity index (χ0) is 18.1. The average molecular weight is 353 g/mol. The van der Waals surface area contributed by atoms with Gasteiger partial charge in [-0.25, -0.2) is 24.9 Å². The van der Waals surface area contributed by atoms with Crippen LogP contribution < -0.4 is 16.6 Å². The van der Waals surface area contributed by atoms with E-state index in [0.717, 1.165) is 29.2 Å². The number of nitrogens with one attached hydrogen (secondary N) is 2. The van der Waals surface area contributed by atoms with Crippen LogP contribution in [0.5, 0.6) is 0 Å². The van der Waals surface area contributed by atoms with Crippen molar-refractivity contribution in [2.45, 2.75) is 26.3 Å². The lowest BCUT2D eigenvalue weighted by atomic mass is 10.1. The molecule has 3 aromatic rings. The summed E-state index contributed by atoms with van der Waals surface area (Å²) in [5.74, 6) is 7.84. The molecule has 0 aliphatic heterocycles. The molecule has 4 N–H and O–H groups in total. The van der Waals surface area contributed by atoms with Crippen molar-refractivity contribution in [2.24, 2.45) is 11.8 Å². The quantitative estimate of drug-likeness (QED) is 0.465. The van der Waals surface area contributed by atoms with Crippen LogP contribution >= 0.6 is 0 Å². The zero-order valence-electron chi connectivity index (χ0n) is 14.4. The highest BCUT2D eigenvalue weighted by atomic mass is 19.1. The summed E-state index contributed by atoms with van der Waals surface area (Å²) in [6.07, 6.45) is 3.88. The van der Waals surface area contributed by atoms with Crippen molar-refractivity contribution >= 4 is 17.5 Å². The van der Waals surface area contributed by atoms with E-state index in [1.165, 1.54) is 31.3 Å². The number of hydrogen-bond donors (Lipinski definition) is 3. The minimum atomic E-state index is -0.259. The molecule has 7 nitrogen and oxygen atoms in total. The first-order chi connectivity index (χ1) is 12.6. The normalized spacial score (nSPS) is 13.7. The maximum Gasteiger partial charge on any atom is 0.145 e. The van der Waals surface area contributed by atoms with Gasteiger partial charge in [-0.05, 0) is 49.9 Å². The molecule has 1 aromatic carbocycles. The maximum absolute atomic E-state index is 13.3. The molecule has 0 saturated heterocycles. The van der Waals surface area contributed by atoms with Gasteiger partial charge in [-0.1, -0.05) is 0 Å². The lowest BCUT2D eigenvalue weighted by molar-refractivity contribution is 0.571. The molecule has 0 spiro atoms. The number of rotatable bonds is 6. The summed E-state index contributed by atoms with van der Waals surface area (Å²) in [7, 11) is 0. The SMILES string of the molecule is Cc1c(-c2ccc(F)cc2)nn(CC2CC2)c1Nc1cc(NN)ncn1. The fraction of sp³-hybridized carbons (Fsp3) is 0.278. The molecule has 0 bridgehead atoms. The van der Waals surface area contributed by atoms with E-state index < -0.39 is 0 Å². The molecule has 0 radical (unpaired) electrons. The Balaban J connectivity index is 1.72. The van der Waals surface area contributed by atoms with E-state index in [1.807, 2.05) is 11.6 Å². The van der Waals surface area contributed by atoms with Crippen molar-refractivity contribution in [3.63, 3.8) is 0 Å². The van der Waals surface area contributed by atoms with Gasteiger partial charge in [0, 0.05) is 23.7 Å². The monoisotopic (exact) mass is 353 g/mol. The van der Waals surface area contributed by atoms with Gasteiger partial charge in [0.15, 0.2) is 0 Å². The van der Waals surface area contributed by atoms with Crippen LogP contribution in [-0.2, 0) is 6.54 Å². The average Bonchev–Trinajstić information content (AvgIpc) is 3.43. The van der Waals surface area contributed by atoms with Gasteiger partial charge in [-0.15, -0.1) is 0 Å². The number of hydrazine groups is 1. The Morgan fingerprint density at radius 1 is 1.19 bits per heavy atom. The summed E-state index contributed by atoms with van der Waals surface area (Å²) >= 11 is 0. The van der Waals surface area contributed by atoms with Crippen molar-refractivity contribution < 1.29 is 4.39 Å². The Bertz CT molecular complexity index is 916. The predicted molar refractivity (Wildman–Crippen MR) is 98.2 cm³/mol. The van der Waals surface area contributed by atoms with Crippen LogP contribution in [0.3, 0.4) is 0 Å². The van der Waals surface area contributed by atoms with Gasteiger partial charge >= 0.3 is 0 Å². The van der Waals surface area contributed by atoms with E-state index in [4.69, 9.17) is 10.9 Å². The molecule has 2 aromatic heterocycles. The first kappa shape index (κ1) is 16.5. The number of nitrogens with zero attached hydrogens (tertiary/aromatic N) is 4. The van der Waals surface area contributed by atoms with Gasteiger partial charge in [0.25, 0.3) is 0 Å². The molecule has 0 unspecified atom stereocenters. The van der Waals surface area contributed by atoms with Crippen LogP contribution in [-0.4, -0.2) is 19.7 Å². The van der Waals surface area contributed by atoms with Gasteiger partial charge in [-0.3, -0.25) is 0 Å². The van der Waals surface area contributed by atoms with Crippen molar-refractivity contribution in [1.82, 2.24) is 19.7 Å². The second kappa shape index (κ2) is 6.72. The van der Waals surface area contributed by atoms with Crippen LogP contribution in [0.4, 0.5) is 21.8 Å². The van der Waals surface area contributed by atoms with E-state index in [2.05, 4.69) is 20.7 Å². The zero-order valence-corrected chi connectivity index (χ0v) is 14.4. The van der Waals surface area contributed by atoms with Crippen LogP contribution in [0.1, 0.15) is 18.4 Å². The van der Waals surface area contributed by atoms with Gasteiger partial charge in [-0.2, -0.15) is 5.10 Å². The predicted octanol–water partition coefficient (Wildman–Crippen LogP) is 3.23. The molecule has 134 valence electrons. The minimum Gasteiger partial charge on any atom is -0.325 e. The topological polar surface area (TPSA) is 93.7 Å². The smallest absolute Gasteiger partial charge is 0.145 e. The van der Waals surface area contributed by atoms with Crippen molar-refractivity contribution in [2.75, 3.05) is 10.7 Å². The van der Waals surface area contributed by atoms with E-state index in [1.54, 1.807) is 18.2 Å². The van der Waals surface area contributed by atoms with Crippen molar-refractivity contribution in [1.29, 1.82) is 0 Å². The second-order valence-corrected chi connectivity index (χ2v) is 6.51. The number of anilines is 3. The summed E-state index contributed by atoms with van der Waals surface area (Å²) < 4.78 is 15.2. The highest BCUT2D eigenvalue weighted by Gasteiger charge is 2.25. The van der Waals surface area contributed by atoms with Gasteiger partial charge in [0.2, 0.25) is 0 Å². The molecule has 1 aliphatic rings. The summed E-state index contributed by atoms with van der Waals surface area (Å²) in [5.41, 5.74) is 5.21. The third kappa shape index (κ3) is 3.36. The molecule has 26 heavy (non-hydrogen) atoms. The summed E-state index contributed by atoms with van der Waals surface area (Å²) in [4.78, 5) is 8.26. The van der Waals surface area contributed by atoms with Crippen LogP contribution in [0.2, 0.25) is 0 Å². The van der Waals surface area contributed by atoms with E-state index in [9.17, 15) is 4.39 Å². The number of benzene rings is 1. The molecular weight excluding hydrogens is 333 g/mol. The molecule has 8 heteroatoms. The standard InChI is InChI=1S/C18H20FN7/c1-11-17(13-4-6-14(19)7-5-13)25-26(9-12-2-3-12)18(11)23-15-8-16(24-20)22-10-21-15/h4-8,10,12H,2-3,9,20H2,1H3,(H2,21,22,23,24). The van der Waals surface area contributed by atoms with Crippen LogP contribution in [0.15, 0.2) is 36.7 Å². The summed E-state index contributed by atoms with van der Waals surface area (Å²) in [6.45, 7) is 2.85. The molecule has 4 rings (SSSR count). The fourth-order valence-corrected chi connectivity index (χ4v) is 2.89. The molecule has 2 heterocycles. The minimum absolute atomic E-state index is 0.259. The lowest BCUT2D eigenvalue weighted by Gasteiger charge is -2.10. The lowest BCUT2D eigenvalue weighted by Crippen LogP contribution is -2.10. The van der Waals surface area contributed by atoms with Gasteiger partial charge in [0.05, 0.1) is 5.69 Å². The Labute approximate surface area is 150 Å². The molecular formula is C18H20FN7. The Morgan fingerprint density at radius 3 is 2.62 bits per heavy atom. The Hall–Kier alpha value is -3.00. The number of nitrogens with two attached hydrogens (primary N) is 1. The fourth-order valence-electron chi connectivity index (χ4n) is 2.89. The molecule has 1 aliphatic carbocycles. The highest BCUT2D eigenvalue weighted by Crippen LogP contribution is 2.35.